The smallest absolute Gasteiger partial charge is 0.248 e. The van der Waals surface area contributed by atoms with Gasteiger partial charge in [-0.05, 0) is 91.7 Å². The van der Waals surface area contributed by atoms with Crippen LogP contribution >= 0.6 is 0 Å². The Labute approximate surface area is 169 Å². The van der Waals surface area contributed by atoms with Gasteiger partial charge in [-0.15, -0.1) is 0 Å². The molecule has 1 fully saturated rings. The summed E-state index contributed by atoms with van der Waals surface area (Å²) < 4.78 is 5.95. The molecule has 0 spiro atoms. The molecule has 1 amide bonds. The molecule has 1 aliphatic carbocycles. The molecule has 0 aliphatic heterocycles. The number of nitrogens with two attached hydrogens (primary N) is 1. The predicted molar refractivity (Wildman–Crippen MR) is 116 cm³/mol. The van der Waals surface area contributed by atoms with E-state index in [4.69, 9.17) is 10.5 Å². The van der Waals surface area contributed by atoms with Crippen LogP contribution in [0.4, 0.5) is 0 Å². The van der Waals surface area contributed by atoms with Gasteiger partial charge in [-0.1, -0.05) is 38.1 Å². The molecule has 0 heterocycles. The zero-order valence-electron chi connectivity index (χ0n) is 17.5. The first-order valence-corrected chi connectivity index (χ1v) is 10.5. The summed E-state index contributed by atoms with van der Waals surface area (Å²) in [5.74, 6) is 1.39. The summed E-state index contributed by atoms with van der Waals surface area (Å²) in [7, 11) is 0. The fraction of sp³-hybridized carbons (Fsp3) is 0.480. The zero-order chi connectivity index (χ0) is 20.1. The Balaban J connectivity index is 1.50. The lowest BCUT2D eigenvalue weighted by atomic mass is 9.72. The molecule has 1 saturated carbocycles. The van der Waals surface area contributed by atoms with Gasteiger partial charge in [0.1, 0.15) is 5.75 Å². The number of primary amides is 1. The average molecular weight is 380 g/mol. The second-order valence-electron chi connectivity index (χ2n) is 8.97. The van der Waals surface area contributed by atoms with Gasteiger partial charge in [-0.25, -0.2) is 0 Å². The maximum Gasteiger partial charge on any atom is 0.248 e. The van der Waals surface area contributed by atoms with Crippen molar-refractivity contribution in [2.75, 3.05) is 6.61 Å². The molecule has 150 valence electrons. The Morgan fingerprint density at radius 3 is 2.43 bits per heavy atom. The van der Waals surface area contributed by atoms with E-state index in [1.807, 2.05) is 43.3 Å². The predicted octanol–water partition coefficient (Wildman–Crippen LogP) is 6.14. The fourth-order valence-electron chi connectivity index (χ4n) is 4.26. The topological polar surface area (TPSA) is 52.3 Å². The summed E-state index contributed by atoms with van der Waals surface area (Å²) in [6.07, 6.45) is 7.84. The Morgan fingerprint density at radius 1 is 1.11 bits per heavy atom. The molecule has 2 N–H and O–H groups in total. The van der Waals surface area contributed by atoms with Gasteiger partial charge in [0.15, 0.2) is 0 Å². The van der Waals surface area contributed by atoms with Crippen LogP contribution in [0, 0.1) is 18.3 Å². The Kier molecular flexibility index (Phi) is 6.43. The first-order valence-electron chi connectivity index (χ1n) is 10.5. The number of hydrogen-bond donors (Lipinski definition) is 1. The van der Waals surface area contributed by atoms with Gasteiger partial charge in [0, 0.05) is 5.56 Å². The monoisotopic (exact) mass is 379 g/mol. The van der Waals surface area contributed by atoms with Gasteiger partial charge >= 0.3 is 0 Å². The van der Waals surface area contributed by atoms with Crippen LogP contribution in [0.3, 0.4) is 0 Å². The van der Waals surface area contributed by atoms with E-state index in [1.165, 1.54) is 32.1 Å². The summed E-state index contributed by atoms with van der Waals surface area (Å²) >= 11 is 0. The van der Waals surface area contributed by atoms with Gasteiger partial charge in [-0.2, -0.15) is 0 Å². The van der Waals surface area contributed by atoms with Gasteiger partial charge in [0.05, 0.1) is 6.61 Å². The van der Waals surface area contributed by atoms with E-state index >= 15 is 0 Å². The molecular formula is C25H33NO2. The minimum Gasteiger partial charge on any atom is -0.494 e. The van der Waals surface area contributed by atoms with Crippen LogP contribution in [0.15, 0.2) is 42.5 Å². The van der Waals surface area contributed by atoms with Crippen LogP contribution < -0.4 is 10.5 Å². The lowest BCUT2D eigenvalue weighted by molar-refractivity contribution is 0.0999. The standard InChI is InChI=1S/C25H33NO2/c1-18-22(7-4-8-23(18)24(26)27)20-9-11-21(12-10-20)28-17-5-6-19-13-15-25(2,3)16-14-19/h4,7-12,19H,5-6,13-17H2,1-3H3,(H2,26,27). The van der Waals surface area contributed by atoms with Crippen LogP contribution in [0.25, 0.3) is 11.1 Å². The SMILES string of the molecule is Cc1c(C(N)=O)cccc1-c1ccc(OCCCC2CCC(C)(C)CC2)cc1. The molecule has 0 aromatic heterocycles. The van der Waals surface area contributed by atoms with Crippen LogP contribution in [-0.4, -0.2) is 12.5 Å². The highest BCUT2D eigenvalue weighted by molar-refractivity contribution is 5.96. The van der Waals surface area contributed by atoms with Crippen molar-refractivity contribution >= 4 is 5.91 Å². The minimum absolute atomic E-state index is 0.388. The summed E-state index contributed by atoms with van der Waals surface area (Å²) in [6.45, 7) is 7.49. The molecule has 0 atom stereocenters. The third-order valence-electron chi connectivity index (χ3n) is 6.25. The summed E-state index contributed by atoms with van der Waals surface area (Å²) in [5, 5.41) is 0. The van der Waals surface area contributed by atoms with E-state index in [-0.39, 0.29) is 5.91 Å². The summed E-state index contributed by atoms with van der Waals surface area (Å²) in [6, 6.07) is 13.8. The molecular weight excluding hydrogens is 346 g/mol. The van der Waals surface area contributed by atoms with E-state index in [9.17, 15) is 4.79 Å². The lowest BCUT2D eigenvalue weighted by Crippen LogP contribution is -2.21. The van der Waals surface area contributed by atoms with Crippen LogP contribution in [0.1, 0.15) is 68.3 Å². The number of rotatable bonds is 7. The van der Waals surface area contributed by atoms with Crippen molar-refractivity contribution in [1.82, 2.24) is 0 Å². The number of carbonyl (C=O) groups excluding carboxylic acids is 1. The highest BCUT2D eigenvalue weighted by Gasteiger charge is 2.26. The third-order valence-corrected chi connectivity index (χ3v) is 6.25. The first-order chi connectivity index (χ1) is 13.4. The number of ether oxygens (including phenoxy) is 1. The largest absolute Gasteiger partial charge is 0.494 e. The summed E-state index contributed by atoms with van der Waals surface area (Å²) in [5.41, 5.74) is 9.59. The third kappa shape index (κ3) is 5.15. The molecule has 3 rings (SSSR count). The molecule has 2 aromatic rings. The Hall–Kier alpha value is -2.29. The lowest BCUT2D eigenvalue weighted by Gasteiger charge is -2.34. The van der Waals surface area contributed by atoms with E-state index in [0.717, 1.165) is 41.4 Å². The zero-order valence-corrected chi connectivity index (χ0v) is 17.5. The molecule has 0 unspecified atom stereocenters. The number of amides is 1. The maximum atomic E-state index is 11.6. The van der Waals surface area contributed by atoms with E-state index < -0.39 is 0 Å². The van der Waals surface area contributed by atoms with E-state index in [2.05, 4.69) is 13.8 Å². The highest BCUT2D eigenvalue weighted by Crippen LogP contribution is 2.39. The van der Waals surface area contributed by atoms with Crippen molar-refractivity contribution in [3.05, 3.63) is 53.6 Å². The second-order valence-corrected chi connectivity index (χ2v) is 8.97. The molecule has 3 heteroatoms. The maximum absolute atomic E-state index is 11.6. The molecule has 28 heavy (non-hydrogen) atoms. The summed E-state index contributed by atoms with van der Waals surface area (Å²) in [4.78, 5) is 11.6. The first kappa shape index (κ1) is 20.4. The molecule has 2 aromatic carbocycles. The van der Waals surface area contributed by atoms with Crippen molar-refractivity contribution in [3.63, 3.8) is 0 Å². The highest BCUT2D eigenvalue weighted by atomic mass is 16.5. The molecule has 0 radical (unpaired) electrons. The van der Waals surface area contributed by atoms with Crippen molar-refractivity contribution in [3.8, 4) is 16.9 Å². The molecule has 0 saturated heterocycles. The normalized spacial score (nSPS) is 16.7. The Bertz CT molecular complexity index is 798. The van der Waals surface area contributed by atoms with Crippen molar-refractivity contribution in [1.29, 1.82) is 0 Å². The van der Waals surface area contributed by atoms with E-state index in [0.29, 0.717) is 11.0 Å². The van der Waals surface area contributed by atoms with Gasteiger partial charge in [-0.3, -0.25) is 4.79 Å². The van der Waals surface area contributed by atoms with Gasteiger partial charge < -0.3 is 10.5 Å². The van der Waals surface area contributed by atoms with Gasteiger partial charge in [0.2, 0.25) is 5.91 Å². The van der Waals surface area contributed by atoms with Crippen molar-refractivity contribution < 1.29 is 9.53 Å². The minimum atomic E-state index is -0.388. The second kappa shape index (κ2) is 8.81. The van der Waals surface area contributed by atoms with Crippen LogP contribution in [0.5, 0.6) is 5.75 Å². The molecule has 3 nitrogen and oxygen atoms in total. The fourth-order valence-corrected chi connectivity index (χ4v) is 4.26. The Morgan fingerprint density at radius 2 is 1.79 bits per heavy atom. The van der Waals surface area contributed by atoms with Crippen molar-refractivity contribution in [2.24, 2.45) is 17.1 Å². The number of carbonyl (C=O) groups is 1. The quantitative estimate of drug-likeness (QED) is 0.588. The number of hydrogen-bond acceptors (Lipinski definition) is 2. The molecule has 1 aliphatic rings. The van der Waals surface area contributed by atoms with Crippen LogP contribution in [-0.2, 0) is 0 Å². The van der Waals surface area contributed by atoms with Gasteiger partial charge in [0.25, 0.3) is 0 Å². The average Bonchev–Trinajstić information content (AvgIpc) is 2.67. The number of benzene rings is 2. The van der Waals surface area contributed by atoms with E-state index in [1.54, 1.807) is 6.07 Å². The molecule has 0 bridgehead atoms. The van der Waals surface area contributed by atoms with Crippen LogP contribution in [0.2, 0.25) is 0 Å². The van der Waals surface area contributed by atoms with Crippen molar-refractivity contribution in [2.45, 2.75) is 59.3 Å².